The third-order valence-corrected chi connectivity index (χ3v) is 4.43. The molecule has 3 nitrogen and oxygen atoms in total. The van der Waals surface area contributed by atoms with E-state index in [4.69, 9.17) is 5.73 Å². The van der Waals surface area contributed by atoms with Crippen LogP contribution in [0.4, 0.5) is 5.00 Å². The fraction of sp³-hybridized carbons (Fsp3) is 0.308. The summed E-state index contributed by atoms with van der Waals surface area (Å²) in [5, 5.41) is 11.5. The van der Waals surface area contributed by atoms with E-state index in [-0.39, 0.29) is 6.04 Å². The van der Waals surface area contributed by atoms with Crippen molar-refractivity contribution in [1.82, 2.24) is 0 Å². The second-order valence-corrected chi connectivity index (χ2v) is 5.42. The molecule has 2 heterocycles. The topological polar surface area (TPSA) is 53.0 Å². The highest BCUT2D eigenvalue weighted by atomic mass is 32.1. The number of nitriles is 1. The number of hydrogen-bond donors (Lipinski definition) is 1. The van der Waals surface area contributed by atoms with Gasteiger partial charge in [0, 0.05) is 29.2 Å². The van der Waals surface area contributed by atoms with E-state index in [0.29, 0.717) is 0 Å². The maximum atomic E-state index is 9.33. The average molecular weight is 243 g/mol. The van der Waals surface area contributed by atoms with Gasteiger partial charge in [-0.1, -0.05) is 18.2 Å². The fourth-order valence-electron chi connectivity index (χ4n) is 2.34. The smallest absolute Gasteiger partial charge is 0.110 e. The van der Waals surface area contributed by atoms with Gasteiger partial charge in [-0.25, -0.2) is 0 Å². The van der Waals surface area contributed by atoms with Gasteiger partial charge >= 0.3 is 0 Å². The van der Waals surface area contributed by atoms with Crippen molar-refractivity contribution >= 4 is 26.4 Å². The molecule has 2 aromatic rings. The Labute approximate surface area is 104 Å². The Morgan fingerprint density at radius 2 is 2.24 bits per heavy atom. The van der Waals surface area contributed by atoms with Gasteiger partial charge in [-0.05, 0) is 12.5 Å². The largest absolute Gasteiger partial charge is 0.361 e. The van der Waals surface area contributed by atoms with Gasteiger partial charge < -0.3 is 10.6 Å². The van der Waals surface area contributed by atoms with Gasteiger partial charge in [-0.2, -0.15) is 5.26 Å². The Morgan fingerprint density at radius 3 is 2.94 bits per heavy atom. The van der Waals surface area contributed by atoms with Crippen molar-refractivity contribution in [3.05, 3.63) is 29.8 Å². The summed E-state index contributed by atoms with van der Waals surface area (Å²) in [5.74, 6) is 0. The molecule has 1 aromatic heterocycles. The van der Waals surface area contributed by atoms with E-state index in [1.165, 1.54) is 4.70 Å². The highest BCUT2D eigenvalue weighted by Gasteiger charge is 2.24. The molecule has 0 saturated carbocycles. The van der Waals surface area contributed by atoms with Crippen molar-refractivity contribution in [2.45, 2.75) is 12.5 Å². The van der Waals surface area contributed by atoms with Gasteiger partial charge in [0.2, 0.25) is 0 Å². The van der Waals surface area contributed by atoms with Crippen LogP contribution in [0.3, 0.4) is 0 Å². The molecule has 86 valence electrons. The van der Waals surface area contributed by atoms with Gasteiger partial charge in [0.1, 0.15) is 11.1 Å². The number of thiophene rings is 1. The van der Waals surface area contributed by atoms with Crippen LogP contribution in [0.25, 0.3) is 10.1 Å². The second-order valence-electron chi connectivity index (χ2n) is 4.38. The molecule has 0 amide bonds. The molecule has 1 saturated heterocycles. The zero-order chi connectivity index (χ0) is 11.8. The van der Waals surface area contributed by atoms with Gasteiger partial charge in [-0.3, -0.25) is 0 Å². The van der Waals surface area contributed by atoms with E-state index < -0.39 is 0 Å². The maximum absolute atomic E-state index is 9.33. The maximum Gasteiger partial charge on any atom is 0.110 e. The van der Waals surface area contributed by atoms with Crippen LogP contribution in [-0.4, -0.2) is 19.1 Å². The van der Waals surface area contributed by atoms with Crippen LogP contribution in [-0.2, 0) is 0 Å². The minimum Gasteiger partial charge on any atom is -0.361 e. The van der Waals surface area contributed by atoms with E-state index in [9.17, 15) is 5.26 Å². The number of rotatable bonds is 1. The molecule has 0 radical (unpaired) electrons. The van der Waals surface area contributed by atoms with Gasteiger partial charge in [0.25, 0.3) is 0 Å². The lowest BCUT2D eigenvalue weighted by atomic mass is 10.2. The average Bonchev–Trinajstić information content (AvgIpc) is 2.91. The molecule has 3 rings (SSSR count). The van der Waals surface area contributed by atoms with Crippen molar-refractivity contribution in [3.63, 3.8) is 0 Å². The van der Waals surface area contributed by atoms with Crippen molar-refractivity contribution in [1.29, 1.82) is 5.26 Å². The molecule has 4 heteroatoms. The number of fused-ring (bicyclic) bond motifs is 1. The third-order valence-electron chi connectivity index (χ3n) is 3.20. The lowest BCUT2D eigenvalue weighted by Gasteiger charge is -2.15. The van der Waals surface area contributed by atoms with E-state index in [1.807, 2.05) is 18.2 Å². The molecule has 0 bridgehead atoms. The molecule has 2 N–H and O–H groups in total. The second kappa shape index (κ2) is 4.02. The molecule has 0 spiro atoms. The highest BCUT2D eigenvalue weighted by molar-refractivity contribution is 7.23. The molecule has 1 aromatic carbocycles. The molecule has 1 aliphatic heterocycles. The number of nitrogens with zero attached hydrogens (tertiary/aromatic N) is 2. The van der Waals surface area contributed by atoms with Crippen LogP contribution in [0, 0.1) is 11.3 Å². The predicted molar refractivity (Wildman–Crippen MR) is 71.3 cm³/mol. The summed E-state index contributed by atoms with van der Waals surface area (Å²) in [7, 11) is 0. The standard InChI is InChI=1S/C13H13N3S/c14-7-11-10-3-1-2-4-12(10)17-13(11)16-6-5-9(15)8-16/h1-4,9H,5-6,8,15H2/t9-/m0/s1. The summed E-state index contributed by atoms with van der Waals surface area (Å²) in [6.07, 6.45) is 1.01. The molecular formula is C13H13N3S. The normalized spacial score (nSPS) is 19.8. The Hall–Kier alpha value is -1.57. The van der Waals surface area contributed by atoms with Gasteiger partial charge in [0.05, 0.1) is 5.56 Å². The van der Waals surface area contributed by atoms with E-state index in [1.54, 1.807) is 11.3 Å². The first kappa shape index (κ1) is 10.6. The lowest BCUT2D eigenvalue weighted by Crippen LogP contribution is -2.26. The highest BCUT2D eigenvalue weighted by Crippen LogP contribution is 2.38. The monoisotopic (exact) mass is 243 g/mol. The van der Waals surface area contributed by atoms with Crippen LogP contribution in [0.5, 0.6) is 0 Å². The first-order chi connectivity index (χ1) is 8.29. The van der Waals surface area contributed by atoms with Crippen molar-refractivity contribution in [2.75, 3.05) is 18.0 Å². The molecule has 1 atom stereocenters. The van der Waals surface area contributed by atoms with E-state index in [0.717, 1.165) is 35.5 Å². The van der Waals surface area contributed by atoms with Gasteiger partial charge in [0.15, 0.2) is 0 Å². The zero-order valence-electron chi connectivity index (χ0n) is 9.39. The van der Waals surface area contributed by atoms with Crippen LogP contribution in [0.15, 0.2) is 24.3 Å². The number of nitrogens with two attached hydrogens (primary N) is 1. The van der Waals surface area contributed by atoms with Crippen LogP contribution in [0.2, 0.25) is 0 Å². The minimum atomic E-state index is 0.242. The van der Waals surface area contributed by atoms with Gasteiger partial charge in [-0.15, -0.1) is 11.3 Å². The molecule has 0 aliphatic carbocycles. The van der Waals surface area contributed by atoms with Crippen molar-refractivity contribution in [3.8, 4) is 6.07 Å². The van der Waals surface area contributed by atoms with Crippen molar-refractivity contribution < 1.29 is 0 Å². The quantitative estimate of drug-likeness (QED) is 0.836. The molecule has 1 fully saturated rings. The van der Waals surface area contributed by atoms with Crippen molar-refractivity contribution in [2.24, 2.45) is 5.73 Å². The number of benzene rings is 1. The summed E-state index contributed by atoms with van der Waals surface area (Å²) in [6.45, 7) is 1.82. The zero-order valence-corrected chi connectivity index (χ0v) is 10.2. The predicted octanol–water partition coefficient (Wildman–Crippen LogP) is 2.31. The lowest BCUT2D eigenvalue weighted by molar-refractivity contribution is 0.752. The summed E-state index contributed by atoms with van der Waals surface area (Å²) >= 11 is 1.70. The van der Waals surface area contributed by atoms with Crippen LogP contribution in [0.1, 0.15) is 12.0 Å². The Balaban J connectivity index is 2.13. The fourth-order valence-corrected chi connectivity index (χ4v) is 3.52. The third kappa shape index (κ3) is 1.68. The number of hydrogen-bond acceptors (Lipinski definition) is 4. The molecule has 1 aliphatic rings. The first-order valence-corrected chi connectivity index (χ1v) is 6.53. The minimum absolute atomic E-state index is 0.242. The number of anilines is 1. The SMILES string of the molecule is N#Cc1c(N2CC[C@H](N)C2)sc2ccccc12. The Kier molecular flexibility index (Phi) is 2.50. The molecular weight excluding hydrogens is 230 g/mol. The Morgan fingerprint density at radius 1 is 1.41 bits per heavy atom. The summed E-state index contributed by atoms with van der Waals surface area (Å²) < 4.78 is 1.18. The van der Waals surface area contributed by atoms with E-state index in [2.05, 4.69) is 17.0 Å². The molecule has 0 unspecified atom stereocenters. The summed E-state index contributed by atoms with van der Waals surface area (Å²) in [5.41, 5.74) is 6.73. The van der Waals surface area contributed by atoms with Crippen LogP contribution < -0.4 is 10.6 Å². The summed E-state index contributed by atoms with van der Waals surface area (Å²) in [4.78, 5) is 2.24. The van der Waals surface area contributed by atoms with E-state index >= 15 is 0 Å². The molecule has 17 heavy (non-hydrogen) atoms. The Bertz CT molecular complexity index is 596. The van der Waals surface area contributed by atoms with Crippen LogP contribution >= 0.6 is 11.3 Å². The summed E-state index contributed by atoms with van der Waals surface area (Å²) in [6, 6.07) is 10.7. The first-order valence-electron chi connectivity index (χ1n) is 5.72.